The van der Waals surface area contributed by atoms with Crippen molar-refractivity contribution in [2.75, 3.05) is 0 Å². The molecular formula is C16H28Cl2SiZr. The van der Waals surface area contributed by atoms with Crippen molar-refractivity contribution in [3.05, 3.63) is 46.6 Å². The van der Waals surface area contributed by atoms with Gasteiger partial charge in [-0.05, 0) is 0 Å². The molecule has 2 aliphatic carbocycles. The van der Waals surface area contributed by atoms with Gasteiger partial charge in [-0.2, -0.15) is 0 Å². The Morgan fingerprint density at radius 2 is 1.10 bits per heavy atom. The van der Waals surface area contributed by atoms with Crippen LogP contribution in [0.15, 0.2) is 46.6 Å². The monoisotopic (exact) mass is 408 g/mol. The SMILES string of the molecule is CC1=C[CH]([Zr]([CH3])([CH3])(=[SiH2])[CH]2C=C(C)C=C2C)C(C)=C1.Cl.Cl. The van der Waals surface area contributed by atoms with E-state index >= 15 is 0 Å². The molecule has 0 aromatic heterocycles. The molecule has 0 fully saturated rings. The molecule has 4 heteroatoms. The summed E-state index contributed by atoms with van der Waals surface area (Å²) in [5.41, 5.74) is 6.13. The zero-order chi connectivity index (χ0) is 13.7. The van der Waals surface area contributed by atoms with Crippen LogP contribution in [0.1, 0.15) is 27.7 Å². The van der Waals surface area contributed by atoms with E-state index in [-0.39, 0.29) is 24.8 Å². The Hall–Kier alpha value is 0.640. The van der Waals surface area contributed by atoms with Crippen molar-refractivity contribution < 1.29 is 17.4 Å². The summed E-state index contributed by atoms with van der Waals surface area (Å²) in [4.78, 5) is 0. The molecule has 0 bridgehead atoms. The Kier molecular flexibility index (Phi) is 6.61. The van der Waals surface area contributed by atoms with Crippen LogP contribution >= 0.6 is 24.8 Å². The smallest absolute Gasteiger partial charge is 0.147 e. The number of hydrogen-bond donors (Lipinski definition) is 0. The van der Waals surface area contributed by atoms with Gasteiger partial charge in [0.15, 0.2) is 0 Å². The number of hydrogen-bond acceptors (Lipinski definition) is 0. The van der Waals surface area contributed by atoms with Crippen LogP contribution in [0, 0.1) is 0 Å². The van der Waals surface area contributed by atoms with Gasteiger partial charge in [0, 0.05) is 0 Å². The minimum Gasteiger partial charge on any atom is -0.147 e. The molecule has 2 atom stereocenters. The van der Waals surface area contributed by atoms with Crippen LogP contribution in [0.3, 0.4) is 0 Å². The van der Waals surface area contributed by atoms with Gasteiger partial charge < -0.3 is 0 Å². The molecule has 0 nitrogen and oxygen atoms in total. The van der Waals surface area contributed by atoms with Crippen molar-refractivity contribution >= 4 is 31.7 Å². The molecule has 0 saturated carbocycles. The molecule has 0 amide bonds. The van der Waals surface area contributed by atoms with Crippen LogP contribution in [-0.4, -0.2) is 6.88 Å². The first kappa shape index (κ1) is 20.6. The normalized spacial score (nSPS) is 25.9. The van der Waals surface area contributed by atoms with Gasteiger partial charge in [-0.1, -0.05) is 0 Å². The predicted octanol–water partition coefficient (Wildman–Crippen LogP) is 5.55. The van der Waals surface area contributed by atoms with Gasteiger partial charge in [-0.3, -0.25) is 0 Å². The molecule has 0 spiro atoms. The van der Waals surface area contributed by atoms with Crippen molar-refractivity contribution in [3.8, 4) is 0 Å². The molecule has 0 saturated heterocycles. The van der Waals surface area contributed by atoms with Gasteiger partial charge in [0.25, 0.3) is 0 Å². The van der Waals surface area contributed by atoms with Crippen LogP contribution in [0.2, 0.25) is 16.5 Å². The second-order valence-electron chi connectivity index (χ2n) is 7.49. The quantitative estimate of drug-likeness (QED) is 0.523. The fraction of sp³-hybridized carbons (Fsp3) is 0.500. The molecule has 2 rings (SSSR count). The molecule has 0 N–H and O–H groups in total. The first-order valence-electron chi connectivity index (χ1n) is 6.91. The van der Waals surface area contributed by atoms with E-state index in [1.54, 1.807) is 11.1 Å². The Morgan fingerprint density at radius 3 is 1.30 bits per heavy atom. The predicted molar refractivity (Wildman–Crippen MR) is 97.3 cm³/mol. The average molecular weight is 411 g/mol. The third-order valence-electron chi connectivity index (χ3n) is 4.79. The average Bonchev–Trinajstić information content (AvgIpc) is 2.70. The maximum absolute atomic E-state index is 2.79. The van der Waals surface area contributed by atoms with E-state index in [9.17, 15) is 0 Å². The molecular weight excluding hydrogens is 382 g/mol. The molecule has 0 radical (unpaired) electrons. The molecule has 2 aliphatic rings. The van der Waals surface area contributed by atoms with E-state index in [2.05, 4.69) is 68.1 Å². The van der Waals surface area contributed by atoms with Crippen LogP contribution < -0.4 is 0 Å². The zero-order valence-corrected chi connectivity index (χ0v) is 19.0. The van der Waals surface area contributed by atoms with E-state index in [0.717, 1.165) is 7.25 Å². The minimum absolute atomic E-state index is 0. The zero-order valence-electron chi connectivity index (χ0n) is 13.5. The summed E-state index contributed by atoms with van der Waals surface area (Å²) < 4.78 is 6.79. The van der Waals surface area contributed by atoms with E-state index in [1.165, 1.54) is 11.1 Å². The molecule has 2 unspecified atom stereocenters. The Morgan fingerprint density at radius 1 is 0.800 bits per heavy atom. The first-order valence-corrected chi connectivity index (χ1v) is 20.6. The second kappa shape index (κ2) is 6.41. The molecule has 114 valence electrons. The van der Waals surface area contributed by atoms with Gasteiger partial charge in [0.05, 0.1) is 0 Å². The van der Waals surface area contributed by atoms with Crippen molar-refractivity contribution in [2.24, 2.45) is 0 Å². The summed E-state index contributed by atoms with van der Waals surface area (Å²) in [6.45, 7) is 11.5. The maximum Gasteiger partial charge on any atom is -0.147 e. The van der Waals surface area contributed by atoms with Gasteiger partial charge in [0.1, 0.15) is 0 Å². The van der Waals surface area contributed by atoms with Crippen LogP contribution in [-0.2, 0) is 17.4 Å². The Balaban J connectivity index is 0.00000180. The standard InChI is InChI=1S/2C7H9.2CH3.2ClH.H2Si.Zr/c2*1-6-3-4-7(2)5-6;;;;;;/h2*3-5H,1-2H3;2*1H3;2*1H;1H2;. The van der Waals surface area contributed by atoms with Crippen molar-refractivity contribution in [3.63, 3.8) is 0 Å². The topological polar surface area (TPSA) is 0 Å². The van der Waals surface area contributed by atoms with E-state index < -0.39 is 17.4 Å². The van der Waals surface area contributed by atoms with Crippen LogP contribution in [0.5, 0.6) is 0 Å². The Labute approximate surface area is 139 Å². The maximum atomic E-state index is 2.65. The number of halogens is 2. The summed E-state index contributed by atoms with van der Waals surface area (Å²) in [7, 11) is 0. The molecule has 0 aromatic rings. The van der Waals surface area contributed by atoms with Gasteiger partial charge in [-0.15, -0.1) is 24.8 Å². The summed E-state index contributed by atoms with van der Waals surface area (Å²) in [6.07, 6.45) is 9.87. The molecule has 0 heterocycles. The third kappa shape index (κ3) is 3.51. The summed E-state index contributed by atoms with van der Waals surface area (Å²) >= 11 is -2.79. The first-order chi connectivity index (χ1) is 8.10. The Bertz CT molecular complexity index is 542. The van der Waals surface area contributed by atoms with Crippen LogP contribution in [0.25, 0.3) is 0 Å². The van der Waals surface area contributed by atoms with Crippen molar-refractivity contribution in [2.45, 2.75) is 44.2 Å². The van der Waals surface area contributed by atoms with Gasteiger partial charge in [0.2, 0.25) is 0 Å². The van der Waals surface area contributed by atoms with Gasteiger partial charge >= 0.3 is 115 Å². The second-order valence-corrected chi connectivity index (χ2v) is 38.2. The fourth-order valence-electron chi connectivity index (χ4n) is 4.02. The van der Waals surface area contributed by atoms with E-state index in [4.69, 9.17) is 0 Å². The number of allylic oxidation sites excluding steroid dienone is 8. The van der Waals surface area contributed by atoms with Crippen molar-refractivity contribution in [1.29, 1.82) is 0 Å². The number of rotatable bonds is 2. The fourth-order valence-corrected chi connectivity index (χ4v) is 21.9. The van der Waals surface area contributed by atoms with Crippen LogP contribution in [0.4, 0.5) is 0 Å². The largest absolute Gasteiger partial charge is 0.147 e. The van der Waals surface area contributed by atoms with Gasteiger partial charge in [-0.25, -0.2) is 0 Å². The van der Waals surface area contributed by atoms with E-state index in [1.807, 2.05) is 0 Å². The third-order valence-corrected chi connectivity index (χ3v) is 23.1. The summed E-state index contributed by atoms with van der Waals surface area (Å²) in [5.74, 6) is 0. The minimum atomic E-state index is -2.79. The molecule has 0 aromatic carbocycles. The summed E-state index contributed by atoms with van der Waals surface area (Å²) in [6, 6.07) is 0. The molecule has 0 aliphatic heterocycles. The van der Waals surface area contributed by atoms with E-state index in [0.29, 0.717) is 0 Å². The van der Waals surface area contributed by atoms with Crippen molar-refractivity contribution in [1.82, 2.24) is 0 Å². The molecule has 20 heavy (non-hydrogen) atoms. The summed E-state index contributed by atoms with van der Waals surface area (Å²) in [5, 5.41) is 0.